The predicted octanol–water partition coefficient (Wildman–Crippen LogP) is 0.538. The number of nitrogen functional groups attached to an aromatic ring is 1. The number of nitrogens with zero attached hydrogens (tertiary/aromatic N) is 1. The molecule has 1 aromatic rings. The third-order valence-corrected chi connectivity index (χ3v) is 3.15. The lowest BCUT2D eigenvalue weighted by Crippen LogP contribution is -2.33. The number of amides is 3. The molecule has 106 valence electrons. The topological polar surface area (TPSA) is 92.5 Å². The van der Waals surface area contributed by atoms with Gasteiger partial charge in [0, 0.05) is 37.2 Å². The summed E-state index contributed by atoms with van der Waals surface area (Å²) in [6.45, 7) is 0.763. The van der Waals surface area contributed by atoms with Crippen LogP contribution in [0, 0.1) is 0 Å². The van der Waals surface area contributed by atoms with Crippen molar-refractivity contribution in [1.29, 1.82) is 0 Å². The molecule has 0 spiro atoms. The lowest BCUT2D eigenvalue weighted by Gasteiger charge is -2.13. The van der Waals surface area contributed by atoms with Crippen molar-refractivity contribution in [1.82, 2.24) is 10.2 Å². The Bertz CT molecular complexity index is 526. The van der Waals surface area contributed by atoms with Crippen molar-refractivity contribution in [2.24, 2.45) is 0 Å². The number of rotatable bonds is 5. The van der Waals surface area contributed by atoms with Gasteiger partial charge in [-0.05, 0) is 24.6 Å². The van der Waals surface area contributed by atoms with Gasteiger partial charge < -0.3 is 11.1 Å². The Kier molecular flexibility index (Phi) is 4.34. The maximum absolute atomic E-state index is 11.8. The lowest BCUT2D eigenvalue weighted by atomic mass is 10.2. The van der Waals surface area contributed by atoms with Crippen molar-refractivity contribution in [3.63, 3.8) is 0 Å². The molecule has 2 rings (SSSR count). The fraction of sp³-hybridized carbons (Fsp3) is 0.357. The molecule has 1 fully saturated rings. The van der Waals surface area contributed by atoms with Crippen molar-refractivity contribution in [2.45, 2.75) is 19.3 Å². The van der Waals surface area contributed by atoms with Crippen LogP contribution in [0.5, 0.6) is 0 Å². The molecule has 1 aromatic carbocycles. The Morgan fingerprint density at radius 1 is 1.25 bits per heavy atom. The summed E-state index contributed by atoms with van der Waals surface area (Å²) in [5.41, 5.74) is 6.63. The Morgan fingerprint density at radius 2 is 1.95 bits per heavy atom. The van der Waals surface area contributed by atoms with Gasteiger partial charge in [-0.1, -0.05) is 6.07 Å². The number of imide groups is 1. The third kappa shape index (κ3) is 3.34. The van der Waals surface area contributed by atoms with Gasteiger partial charge >= 0.3 is 0 Å². The van der Waals surface area contributed by atoms with Crippen LogP contribution in [0.1, 0.15) is 29.6 Å². The van der Waals surface area contributed by atoms with Crippen molar-refractivity contribution in [3.8, 4) is 0 Å². The van der Waals surface area contributed by atoms with E-state index < -0.39 is 0 Å². The predicted molar refractivity (Wildman–Crippen MR) is 73.8 cm³/mol. The van der Waals surface area contributed by atoms with E-state index in [1.165, 1.54) is 4.90 Å². The summed E-state index contributed by atoms with van der Waals surface area (Å²) in [4.78, 5) is 35.8. The Hall–Kier alpha value is -2.37. The Morgan fingerprint density at radius 3 is 2.60 bits per heavy atom. The van der Waals surface area contributed by atoms with E-state index in [2.05, 4.69) is 5.32 Å². The zero-order valence-electron chi connectivity index (χ0n) is 11.1. The van der Waals surface area contributed by atoms with Crippen LogP contribution in [-0.2, 0) is 9.59 Å². The van der Waals surface area contributed by atoms with Crippen LogP contribution in [0.15, 0.2) is 24.3 Å². The highest BCUT2D eigenvalue weighted by atomic mass is 16.2. The molecular formula is C14H17N3O3. The molecule has 1 saturated heterocycles. The summed E-state index contributed by atoms with van der Waals surface area (Å²) < 4.78 is 0. The highest BCUT2D eigenvalue weighted by molar-refractivity contribution is 6.01. The zero-order valence-corrected chi connectivity index (χ0v) is 11.1. The van der Waals surface area contributed by atoms with E-state index >= 15 is 0 Å². The summed E-state index contributed by atoms with van der Waals surface area (Å²) in [6, 6.07) is 6.70. The molecule has 0 saturated carbocycles. The number of nitrogens with one attached hydrogen (secondary N) is 1. The first-order chi connectivity index (χ1) is 9.58. The van der Waals surface area contributed by atoms with Gasteiger partial charge in [-0.25, -0.2) is 0 Å². The molecule has 0 bridgehead atoms. The molecule has 0 aromatic heterocycles. The number of carbonyl (C=O) groups excluding carboxylic acids is 3. The Labute approximate surface area is 116 Å². The van der Waals surface area contributed by atoms with Gasteiger partial charge in [-0.15, -0.1) is 0 Å². The number of carbonyl (C=O) groups is 3. The molecule has 3 amide bonds. The summed E-state index contributed by atoms with van der Waals surface area (Å²) in [7, 11) is 0. The number of hydrogen-bond acceptors (Lipinski definition) is 4. The first-order valence-corrected chi connectivity index (χ1v) is 6.55. The molecule has 1 heterocycles. The molecule has 0 unspecified atom stereocenters. The first-order valence-electron chi connectivity index (χ1n) is 6.55. The van der Waals surface area contributed by atoms with Crippen LogP contribution in [0.2, 0.25) is 0 Å². The minimum absolute atomic E-state index is 0.128. The van der Waals surface area contributed by atoms with Crippen molar-refractivity contribution in [3.05, 3.63) is 29.8 Å². The molecular weight excluding hydrogens is 258 g/mol. The molecule has 0 radical (unpaired) electrons. The standard InChI is InChI=1S/C14H17N3O3/c15-11-4-1-3-10(9-11)14(20)16-7-2-8-17-12(18)5-6-13(17)19/h1,3-4,9H,2,5-8,15H2,(H,16,20). The molecule has 6 heteroatoms. The third-order valence-electron chi connectivity index (χ3n) is 3.15. The van der Waals surface area contributed by atoms with Gasteiger partial charge in [0.25, 0.3) is 5.91 Å². The van der Waals surface area contributed by atoms with E-state index in [1.54, 1.807) is 24.3 Å². The summed E-state index contributed by atoms with van der Waals surface area (Å²) in [5, 5.41) is 2.74. The van der Waals surface area contributed by atoms with Crippen LogP contribution in [0.25, 0.3) is 0 Å². The molecule has 1 aliphatic heterocycles. The van der Waals surface area contributed by atoms with E-state index in [-0.39, 0.29) is 17.7 Å². The largest absolute Gasteiger partial charge is 0.399 e. The monoisotopic (exact) mass is 275 g/mol. The van der Waals surface area contributed by atoms with Gasteiger partial charge in [0.2, 0.25) is 11.8 Å². The van der Waals surface area contributed by atoms with Crippen LogP contribution in [0.3, 0.4) is 0 Å². The number of nitrogens with two attached hydrogens (primary N) is 1. The normalized spacial score (nSPS) is 14.7. The van der Waals surface area contributed by atoms with Gasteiger partial charge in [-0.3, -0.25) is 19.3 Å². The SMILES string of the molecule is Nc1cccc(C(=O)NCCCN2C(=O)CCC2=O)c1. The second-order valence-corrected chi connectivity index (χ2v) is 4.67. The van der Waals surface area contributed by atoms with Crippen LogP contribution < -0.4 is 11.1 Å². The maximum atomic E-state index is 11.8. The molecule has 20 heavy (non-hydrogen) atoms. The van der Waals surface area contributed by atoms with Crippen LogP contribution >= 0.6 is 0 Å². The van der Waals surface area contributed by atoms with E-state index in [4.69, 9.17) is 5.73 Å². The highest BCUT2D eigenvalue weighted by Gasteiger charge is 2.27. The smallest absolute Gasteiger partial charge is 0.251 e. The molecule has 0 atom stereocenters. The second-order valence-electron chi connectivity index (χ2n) is 4.67. The van der Waals surface area contributed by atoms with Gasteiger partial charge in [0.15, 0.2) is 0 Å². The van der Waals surface area contributed by atoms with Gasteiger partial charge in [0.1, 0.15) is 0 Å². The average molecular weight is 275 g/mol. The zero-order chi connectivity index (χ0) is 14.5. The van der Waals surface area contributed by atoms with Gasteiger partial charge in [-0.2, -0.15) is 0 Å². The summed E-state index contributed by atoms with van der Waals surface area (Å²) >= 11 is 0. The van der Waals surface area contributed by atoms with Crippen molar-refractivity contribution < 1.29 is 14.4 Å². The minimum Gasteiger partial charge on any atom is -0.399 e. The average Bonchev–Trinajstić information content (AvgIpc) is 2.74. The molecule has 1 aliphatic rings. The first kappa shape index (κ1) is 14.0. The molecule has 6 nitrogen and oxygen atoms in total. The van der Waals surface area contributed by atoms with Crippen LogP contribution in [-0.4, -0.2) is 35.7 Å². The van der Waals surface area contributed by atoms with E-state index in [0.717, 1.165) is 0 Å². The fourth-order valence-corrected chi connectivity index (χ4v) is 2.09. The molecule has 0 aliphatic carbocycles. The van der Waals surface area contributed by atoms with Crippen molar-refractivity contribution >= 4 is 23.4 Å². The van der Waals surface area contributed by atoms with E-state index in [1.807, 2.05) is 0 Å². The minimum atomic E-state index is -0.212. The van der Waals surface area contributed by atoms with Crippen molar-refractivity contribution in [2.75, 3.05) is 18.8 Å². The highest BCUT2D eigenvalue weighted by Crippen LogP contribution is 2.11. The maximum Gasteiger partial charge on any atom is 0.251 e. The number of likely N-dealkylation sites (tertiary alicyclic amines) is 1. The number of hydrogen-bond donors (Lipinski definition) is 2. The van der Waals surface area contributed by atoms with Gasteiger partial charge in [0.05, 0.1) is 0 Å². The fourth-order valence-electron chi connectivity index (χ4n) is 2.09. The second kappa shape index (κ2) is 6.18. The summed E-state index contributed by atoms with van der Waals surface area (Å²) in [6.07, 6.45) is 1.15. The number of anilines is 1. The van der Waals surface area contributed by atoms with E-state index in [0.29, 0.717) is 43.6 Å². The Balaban J connectivity index is 1.75. The number of benzene rings is 1. The lowest BCUT2D eigenvalue weighted by molar-refractivity contribution is -0.138. The van der Waals surface area contributed by atoms with E-state index in [9.17, 15) is 14.4 Å². The van der Waals surface area contributed by atoms with Crippen LogP contribution in [0.4, 0.5) is 5.69 Å². The molecule has 3 N–H and O–H groups in total. The summed E-state index contributed by atoms with van der Waals surface area (Å²) in [5.74, 6) is -0.467. The quantitative estimate of drug-likeness (QED) is 0.466.